The van der Waals surface area contributed by atoms with Crippen molar-refractivity contribution in [3.8, 4) is 5.69 Å². The summed E-state index contributed by atoms with van der Waals surface area (Å²) in [5, 5.41) is 12.3. The van der Waals surface area contributed by atoms with Crippen molar-refractivity contribution in [3.05, 3.63) is 101 Å². The highest BCUT2D eigenvalue weighted by Gasteiger charge is 2.24. The van der Waals surface area contributed by atoms with Gasteiger partial charge in [-0.3, -0.25) is 19.5 Å². The minimum atomic E-state index is -0.474. The third-order valence-corrected chi connectivity index (χ3v) is 7.60. The molecule has 0 radical (unpaired) electrons. The fraction of sp³-hybridized carbons (Fsp3) is 0.250. The standard InChI is InChI=1S/C24H20ClN3O4S/c25-16-9-11-17(12-10-16)27-22(29)21-19-7-2-1-3-8-20(19)33-23(21)26(24(27)30)14-15-5-4-6-18(13-15)28(31)32/h4-6,9-13H,1-3,7-8,14H2. The second kappa shape index (κ2) is 8.61. The number of fused-ring (bicyclic) bond motifs is 3. The van der Waals surface area contributed by atoms with Gasteiger partial charge in [0.15, 0.2) is 0 Å². The maximum Gasteiger partial charge on any atom is 0.337 e. The zero-order chi connectivity index (χ0) is 23.1. The van der Waals surface area contributed by atoms with E-state index in [-0.39, 0.29) is 17.8 Å². The molecule has 0 fully saturated rings. The summed E-state index contributed by atoms with van der Waals surface area (Å²) in [5.74, 6) is 0. The first kappa shape index (κ1) is 21.6. The van der Waals surface area contributed by atoms with E-state index in [1.807, 2.05) is 0 Å². The molecule has 2 aromatic carbocycles. The molecule has 2 aromatic heterocycles. The number of aryl methyl sites for hydroxylation is 2. The zero-order valence-corrected chi connectivity index (χ0v) is 19.2. The van der Waals surface area contributed by atoms with E-state index in [0.29, 0.717) is 26.5 Å². The Hall–Kier alpha value is -3.23. The fourth-order valence-corrected chi connectivity index (χ4v) is 5.95. The Morgan fingerprint density at radius 2 is 1.79 bits per heavy atom. The average Bonchev–Trinajstić information content (AvgIpc) is 3.01. The molecule has 1 aliphatic carbocycles. The number of halogens is 1. The smallest absolute Gasteiger partial charge is 0.279 e. The van der Waals surface area contributed by atoms with Gasteiger partial charge in [-0.2, -0.15) is 0 Å². The van der Waals surface area contributed by atoms with E-state index in [4.69, 9.17) is 11.6 Å². The van der Waals surface area contributed by atoms with Crippen LogP contribution in [0.25, 0.3) is 15.9 Å². The lowest BCUT2D eigenvalue weighted by Crippen LogP contribution is -2.39. The SMILES string of the molecule is O=c1c2c3c(sc2n(Cc2cccc([N+](=O)[O-])c2)c(=O)n1-c1ccc(Cl)cc1)CCCCC3. The highest BCUT2D eigenvalue weighted by molar-refractivity contribution is 7.18. The number of aromatic nitrogens is 2. The normalized spacial score (nSPS) is 13.6. The number of rotatable bonds is 4. The minimum Gasteiger partial charge on any atom is -0.279 e. The first-order chi connectivity index (χ1) is 15.9. The highest BCUT2D eigenvalue weighted by atomic mass is 35.5. The Kier molecular flexibility index (Phi) is 5.64. The van der Waals surface area contributed by atoms with E-state index in [9.17, 15) is 19.7 Å². The van der Waals surface area contributed by atoms with Gasteiger partial charge in [0.2, 0.25) is 0 Å². The summed E-state index contributed by atoms with van der Waals surface area (Å²) < 4.78 is 2.76. The van der Waals surface area contributed by atoms with Crippen LogP contribution in [0.1, 0.15) is 35.3 Å². The molecule has 0 N–H and O–H groups in total. The minimum absolute atomic E-state index is 0.0372. The number of nitro groups is 1. The van der Waals surface area contributed by atoms with Crippen LogP contribution in [0.4, 0.5) is 5.69 Å². The predicted molar refractivity (Wildman–Crippen MR) is 130 cm³/mol. The Morgan fingerprint density at radius 1 is 1.03 bits per heavy atom. The molecule has 0 saturated carbocycles. The van der Waals surface area contributed by atoms with E-state index in [0.717, 1.165) is 42.5 Å². The van der Waals surface area contributed by atoms with E-state index in [1.54, 1.807) is 41.0 Å². The molecule has 0 spiro atoms. The Bertz CT molecular complexity index is 1500. The summed E-state index contributed by atoms with van der Waals surface area (Å²) in [5.41, 5.74) is 1.26. The molecular formula is C24H20ClN3O4S. The number of nitrogens with zero attached hydrogens (tertiary/aromatic N) is 3. The summed E-state index contributed by atoms with van der Waals surface area (Å²) in [4.78, 5) is 39.9. The van der Waals surface area contributed by atoms with Gasteiger partial charge in [-0.15, -0.1) is 11.3 Å². The largest absolute Gasteiger partial charge is 0.337 e. The first-order valence-corrected chi connectivity index (χ1v) is 11.9. The third-order valence-electron chi connectivity index (χ3n) is 6.03. The topological polar surface area (TPSA) is 87.1 Å². The number of non-ortho nitro benzene ring substituents is 1. The second-order valence-corrected chi connectivity index (χ2v) is 9.68. The van der Waals surface area contributed by atoms with Gasteiger partial charge in [-0.25, -0.2) is 9.36 Å². The fourth-order valence-electron chi connectivity index (χ4n) is 4.45. The van der Waals surface area contributed by atoms with Crippen LogP contribution in [0.2, 0.25) is 5.02 Å². The van der Waals surface area contributed by atoms with Crippen molar-refractivity contribution in [1.82, 2.24) is 9.13 Å². The monoisotopic (exact) mass is 481 g/mol. The van der Waals surface area contributed by atoms with Crippen LogP contribution in [-0.4, -0.2) is 14.1 Å². The molecule has 1 aliphatic rings. The van der Waals surface area contributed by atoms with Crippen molar-refractivity contribution in [3.63, 3.8) is 0 Å². The quantitative estimate of drug-likeness (QED) is 0.231. The van der Waals surface area contributed by atoms with Gasteiger partial charge in [-0.1, -0.05) is 30.2 Å². The van der Waals surface area contributed by atoms with Crippen molar-refractivity contribution in [1.29, 1.82) is 0 Å². The summed E-state index contributed by atoms with van der Waals surface area (Å²) in [7, 11) is 0. The molecule has 4 aromatic rings. The summed E-state index contributed by atoms with van der Waals surface area (Å²) >= 11 is 7.52. The zero-order valence-electron chi connectivity index (χ0n) is 17.6. The molecule has 33 heavy (non-hydrogen) atoms. The van der Waals surface area contributed by atoms with E-state index in [2.05, 4.69) is 0 Å². The summed E-state index contributed by atoms with van der Waals surface area (Å²) in [6.07, 6.45) is 4.87. The van der Waals surface area contributed by atoms with Gasteiger partial charge < -0.3 is 0 Å². The van der Waals surface area contributed by atoms with Gasteiger partial charge >= 0.3 is 5.69 Å². The van der Waals surface area contributed by atoms with E-state index >= 15 is 0 Å². The first-order valence-electron chi connectivity index (χ1n) is 10.7. The molecule has 2 heterocycles. The molecule has 5 rings (SSSR count). The van der Waals surface area contributed by atoms with Gasteiger partial charge in [0.1, 0.15) is 4.83 Å². The number of thiophene rings is 1. The third kappa shape index (κ3) is 3.89. The number of hydrogen-bond acceptors (Lipinski definition) is 5. The lowest BCUT2D eigenvalue weighted by Gasteiger charge is -2.13. The molecule has 168 valence electrons. The molecule has 0 saturated heterocycles. The molecule has 0 bridgehead atoms. The number of nitro benzene ring substituents is 1. The number of benzene rings is 2. The summed E-state index contributed by atoms with van der Waals surface area (Å²) in [6.45, 7) is 0.129. The molecule has 0 amide bonds. The van der Waals surface area contributed by atoms with E-state index in [1.165, 1.54) is 28.0 Å². The predicted octanol–water partition coefficient (Wildman–Crippen LogP) is 5.09. The Labute approximate surface area is 197 Å². The van der Waals surface area contributed by atoms with Crippen LogP contribution < -0.4 is 11.2 Å². The van der Waals surface area contributed by atoms with Crippen LogP contribution in [0.3, 0.4) is 0 Å². The van der Waals surface area contributed by atoms with Crippen LogP contribution in [0.5, 0.6) is 0 Å². The molecule has 7 nitrogen and oxygen atoms in total. The van der Waals surface area contributed by atoms with Crippen molar-refractivity contribution in [2.45, 2.75) is 38.6 Å². The van der Waals surface area contributed by atoms with Crippen molar-refractivity contribution in [2.24, 2.45) is 0 Å². The van der Waals surface area contributed by atoms with Crippen LogP contribution >= 0.6 is 22.9 Å². The summed E-state index contributed by atoms with van der Waals surface area (Å²) in [6, 6.07) is 12.8. The van der Waals surface area contributed by atoms with Crippen molar-refractivity contribution in [2.75, 3.05) is 0 Å². The molecule has 0 aliphatic heterocycles. The van der Waals surface area contributed by atoms with Gasteiger partial charge in [0, 0.05) is 22.0 Å². The Morgan fingerprint density at radius 3 is 2.55 bits per heavy atom. The van der Waals surface area contributed by atoms with Crippen molar-refractivity contribution >= 4 is 38.8 Å². The highest BCUT2D eigenvalue weighted by Crippen LogP contribution is 2.34. The lowest BCUT2D eigenvalue weighted by molar-refractivity contribution is -0.384. The molecule has 0 atom stereocenters. The molecule has 9 heteroatoms. The van der Waals surface area contributed by atoms with Gasteiger partial charge in [0.05, 0.1) is 22.5 Å². The maximum atomic E-state index is 13.7. The average molecular weight is 482 g/mol. The van der Waals surface area contributed by atoms with Crippen LogP contribution in [0.15, 0.2) is 58.1 Å². The van der Waals surface area contributed by atoms with E-state index < -0.39 is 10.6 Å². The second-order valence-electron chi connectivity index (χ2n) is 8.16. The van der Waals surface area contributed by atoms with Crippen LogP contribution in [-0.2, 0) is 19.4 Å². The molecule has 0 unspecified atom stereocenters. The Balaban J connectivity index is 1.79. The van der Waals surface area contributed by atoms with Crippen LogP contribution in [0, 0.1) is 10.1 Å². The maximum absolute atomic E-state index is 13.7. The molecular weight excluding hydrogens is 462 g/mol. The van der Waals surface area contributed by atoms with Crippen molar-refractivity contribution < 1.29 is 4.92 Å². The van der Waals surface area contributed by atoms with Gasteiger partial charge in [-0.05, 0) is 61.1 Å². The lowest BCUT2D eigenvalue weighted by atomic mass is 10.1. The number of hydrogen-bond donors (Lipinski definition) is 0. The van der Waals surface area contributed by atoms with Gasteiger partial charge in [0.25, 0.3) is 11.2 Å².